The van der Waals surface area contributed by atoms with E-state index in [1.165, 1.54) is 12.1 Å². The number of nitrogens with one attached hydrogen (secondary N) is 1. The maximum atomic E-state index is 14.0. The van der Waals surface area contributed by atoms with E-state index in [-0.39, 0.29) is 34.2 Å². The number of hydrogen-bond donors (Lipinski definition) is 1. The van der Waals surface area contributed by atoms with Crippen molar-refractivity contribution in [2.45, 2.75) is 26.3 Å². The fraction of sp³-hybridized carbons (Fsp3) is 0.250. The van der Waals surface area contributed by atoms with E-state index in [1.54, 1.807) is 24.3 Å². The van der Waals surface area contributed by atoms with E-state index in [0.717, 1.165) is 11.0 Å². The minimum Gasteiger partial charge on any atom is -0.322 e. The van der Waals surface area contributed by atoms with Crippen LogP contribution in [-0.2, 0) is 4.79 Å². The zero-order valence-corrected chi connectivity index (χ0v) is 15.6. The van der Waals surface area contributed by atoms with Crippen LogP contribution in [-0.4, -0.2) is 28.7 Å². The van der Waals surface area contributed by atoms with Gasteiger partial charge in [-0.1, -0.05) is 37.6 Å². The number of fused-ring (bicyclic) bond motifs is 1. The lowest BCUT2D eigenvalue weighted by molar-refractivity contribution is -0.120. The SMILES string of the molecule is CC(C)C[C@@H](C(=O)Nc1ccc(Cl)cc1F)N1C(=O)c2ccccc2C1=O. The van der Waals surface area contributed by atoms with Crippen molar-refractivity contribution >= 4 is 35.0 Å². The van der Waals surface area contributed by atoms with Gasteiger partial charge >= 0.3 is 0 Å². The van der Waals surface area contributed by atoms with Crippen molar-refractivity contribution in [3.05, 3.63) is 64.4 Å². The molecule has 140 valence electrons. The maximum absolute atomic E-state index is 14.0. The highest BCUT2D eigenvalue weighted by Crippen LogP contribution is 2.28. The summed E-state index contributed by atoms with van der Waals surface area (Å²) in [6.07, 6.45) is 0.256. The molecule has 0 aromatic heterocycles. The highest BCUT2D eigenvalue weighted by molar-refractivity contribution is 6.30. The lowest BCUT2D eigenvalue weighted by Crippen LogP contribution is -2.48. The Kier molecular flexibility index (Phi) is 5.28. The van der Waals surface area contributed by atoms with Crippen molar-refractivity contribution in [2.75, 3.05) is 5.32 Å². The normalized spacial score (nSPS) is 14.5. The van der Waals surface area contributed by atoms with Crippen LogP contribution in [0.25, 0.3) is 0 Å². The molecule has 0 radical (unpaired) electrons. The number of rotatable bonds is 5. The molecule has 1 atom stereocenters. The summed E-state index contributed by atoms with van der Waals surface area (Å²) in [4.78, 5) is 39.3. The van der Waals surface area contributed by atoms with Crippen molar-refractivity contribution in [3.8, 4) is 0 Å². The summed E-state index contributed by atoms with van der Waals surface area (Å²) in [7, 11) is 0. The highest BCUT2D eigenvalue weighted by atomic mass is 35.5. The summed E-state index contributed by atoms with van der Waals surface area (Å²) in [5.74, 6) is -2.33. The van der Waals surface area contributed by atoms with E-state index >= 15 is 0 Å². The van der Waals surface area contributed by atoms with Gasteiger partial charge in [-0.05, 0) is 42.7 Å². The summed E-state index contributed by atoms with van der Waals surface area (Å²) in [6.45, 7) is 3.75. The molecule has 3 amide bonds. The molecule has 0 spiro atoms. The molecular weight excluding hydrogens is 371 g/mol. The number of nitrogens with zero attached hydrogens (tertiary/aromatic N) is 1. The number of carbonyl (C=O) groups is 3. The fourth-order valence-electron chi connectivity index (χ4n) is 3.07. The van der Waals surface area contributed by atoms with Gasteiger partial charge in [0.1, 0.15) is 11.9 Å². The lowest BCUT2D eigenvalue weighted by atomic mass is 10.0. The number of amides is 3. The van der Waals surface area contributed by atoms with Crippen LogP contribution in [0.3, 0.4) is 0 Å². The molecule has 5 nitrogen and oxygen atoms in total. The van der Waals surface area contributed by atoms with Gasteiger partial charge in [-0.3, -0.25) is 19.3 Å². The van der Waals surface area contributed by atoms with Crippen LogP contribution >= 0.6 is 11.6 Å². The summed E-state index contributed by atoms with van der Waals surface area (Å²) in [5.41, 5.74) is 0.471. The molecule has 0 unspecified atom stereocenters. The Bertz CT molecular complexity index is 894. The molecular formula is C20H18ClFN2O3. The van der Waals surface area contributed by atoms with Crippen molar-refractivity contribution in [1.82, 2.24) is 4.90 Å². The molecule has 0 saturated heterocycles. The number of carbonyl (C=O) groups excluding carboxylic acids is 3. The number of imide groups is 1. The van der Waals surface area contributed by atoms with E-state index in [2.05, 4.69) is 5.32 Å². The van der Waals surface area contributed by atoms with Crippen LogP contribution in [0.15, 0.2) is 42.5 Å². The zero-order valence-electron chi connectivity index (χ0n) is 14.8. The first-order valence-electron chi connectivity index (χ1n) is 8.52. The average Bonchev–Trinajstić information content (AvgIpc) is 2.86. The van der Waals surface area contributed by atoms with Gasteiger partial charge in [0.05, 0.1) is 16.8 Å². The Morgan fingerprint density at radius 3 is 2.22 bits per heavy atom. The Morgan fingerprint density at radius 2 is 1.70 bits per heavy atom. The lowest BCUT2D eigenvalue weighted by Gasteiger charge is -2.26. The molecule has 0 aliphatic carbocycles. The Balaban J connectivity index is 1.91. The highest BCUT2D eigenvalue weighted by Gasteiger charge is 2.42. The van der Waals surface area contributed by atoms with E-state index < -0.39 is 29.6 Å². The second kappa shape index (κ2) is 7.48. The predicted molar refractivity (Wildman–Crippen MR) is 100 cm³/mol. The molecule has 0 bridgehead atoms. The van der Waals surface area contributed by atoms with Crippen LogP contribution in [0.1, 0.15) is 41.0 Å². The van der Waals surface area contributed by atoms with Gasteiger partial charge in [0.15, 0.2) is 0 Å². The third-order valence-electron chi connectivity index (χ3n) is 4.32. The first kappa shape index (κ1) is 19.0. The van der Waals surface area contributed by atoms with Gasteiger partial charge in [-0.25, -0.2) is 4.39 Å². The fourth-order valence-corrected chi connectivity index (χ4v) is 3.23. The minimum absolute atomic E-state index is 0.0279. The Hall–Kier alpha value is -2.73. The number of halogens is 2. The predicted octanol–water partition coefficient (Wildman–Crippen LogP) is 4.13. The van der Waals surface area contributed by atoms with E-state index in [4.69, 9.17) is 11.6 Å². The van der Waals surface area contributed by atoms with Gasteiger partial charge in [0, 0.05) is 5.02 Å². The van der Waals surface area contributed by atoms with Crippen molar-refractivity contribution in [1.29, 1.82) is 0 Å². The number of benzene rings is 2. The molecule has 2 aromatic rings. The van der Waals surface area contributed by atoms with Gasteiger partial charge in [0.2, 0.25) is 5.91 Å². The smallest absolute Gasteiger partial charge is 0.262 e. The zero-order chi connectivity index (χ0) is 19.7. The third kappa shape index (κ3) is 3.71. The molecule has 1 aliphatic heterocycles. The molecule has 3 rings (SSSR count). The van der Waals surface area contributed by atoms with E-state index in [1.807, 2.05) is 13.8 Å². The average molecular weight is 389 g/mol. The van der Waals surface area contributed by atoms with Gasteiger partial charge in [-0.15, -0.1) is 0 Å². The first-order chi connectivity index (χ1) is 12.8. The van der Waals surface area contributed by atoms with Crippen LogP contribution in [0.2, 0.25) is 5.02 Å². The second-order valence-electron chi connectivity index (χ2n) is 6.78. The summed E-state index contributed by atoms with van der Waals surface area (Å²) in [5, 5.41) is 2.67. The number of hydrogen-bond acceptors (Lipinski definition) is 3. The molecule has 0 fully saturated rings. The molecule has 7 heteroatoms. The summed E-state index contributed by atoms with van der Waals surface area (Å²) >= 11 is 5.73. The molecule has 2 aromatic carbocycles. The van der Waals surface area contributed by atoms with Crippen LogP contribution in [0.4, 0.5) is 10.1 Å². The quantitative estimate of drug-likeness (QED) is 0.783. The maximum Gasteiger partial charge on any atom is 0.262 e. The van der Waals surface area contributed by atoms with Gasteiger partial charge in [0.25, 0.3) is 11.8 Å². The van der Waals surface area contributed by atoms with Gasteiger partial charge in [-0.2, -0.15) is 0 Å². The Labute approximate surface area is 161 Å². The monoisotopic (exact) mass is 388 g/mol. The Morgan fingerprint density at radius 1 is 1.11 bits per heavy atom. The number of anilines is 1. The second-order valence-corrected chi connectivity index (χ2v) is 7.22. The molecule has 27 heavy (non-hydrogen) atoms. The van der Waals surface area contributed by atoms with Crippen molar-refractivity contribution < 1.29 is 18.8 Å². The van der Waals surface area contributed by atoms with E-state index in [9.17, 15) is 18.8 Å². The van der Waals surface area contributed by atoms with Crippen molar-refractivity contribution in [2.24, 2.45) is 5.92 Å². The summed E-state index contributed by atoms with van der Waals surface area (Å²) < 4.78 is 14.0. The first-order valence-corrected chi connectivity index (χ1v) is 8.90. The largest absolute Gasteiger partial charge is 0.322 e. The third-order valence-corrected chi connectivity index (χ3v) is 4.56. The standard InChI is InChI=1S/C20H18ClFN2O3/c1-11(2)9-17(18(25)23-16-8-7-12(21)10-15(16)22)24-19(26)13-5-3-4-6-14(13)20(24)27/h3-8,10-11,17H,9H2,1-2H3,(H,23,25)/t17-/m0/s1. The molecule has 1 heterocycles. The van der Waals surface area contributed by atoms with Crippen molar-refractivity contribution in [3.63, 3.8) is 0 Å². The molecule has 1 N–H and O–H groups in total. The topological polar surface area (TPSA) is 66.5 Å². The van der Waals surface area contributed by atoms with E-state index in [0.29, 0.717) is 0 Å². The van der Waals surface area contributed by atoms with Crippen LogP contribution < -0.4 is 5.32 Å². The minimum atomic E-state index is -1.05. The van der Waals surface area contributed by atoms with Crippen LogP contribution in [0.5, 0.6) is 0 Å². The van der Waals surface area contributed by atoms with Gasteiger partial charge < -0.3 is 5.32 Å². The van der Waals surface area contributed by atoms with Crippen LogP contribution in [0, 0.1) is 11.7 Å². The summed E-state index contributed by atoms with van der Waals surface area (Å²) in [6, 6.07) is 9.24. The molecule has 0 saturated carbocycles. The molecule has 1 aliphatic rings.